The molecule has 1 heterocycles. The average Bonchev–Trinajstić information content (AvgIpc) is 2.52. The number of rotatable bonds is 5. The summed E-state index contributed by atoms with van der Waals surface area (Å²) in [4.78, 5) is 25.6. The van der Waals surface area contributed by atoms with Crippen LogP contribution in [-0.2, 0) is 9.53 Å². The number of hydrogen-bond acceptors (Lipinski definition) is 4. The highest BCUT2D eigenvalue weighted by Crippen LogP contribution is 2.31. The van der Waals surface area contributed by atoms with E-state index in [1.807, 2.05) is 0 Å². The number of benzene rings is 1. The lowest BCUT2D eigenvalue weighted by Crippen LogP contribution is -2.46. The zero-order chi connectivity index (χ0) is 17.9. The third kappa shape index (κ3) is 3.64. The quantitative estimate of drug-likeness (QED) is 0.837. The number of carbonyl (C=O) groups excluding carboxylic acids is 2. The number of nitrogens with zero attached hydrogens (tertiary/aromatic N) is 1. The lowest BCUT2D eigenvalue weighted by Gasteiger charge is -2.33. The topological polar surface area (TPSA) is 67.9 Å². The molecule has 2 rings (SSSR count). The van der Waals surface area contributed by atoms with E-state index >= 15 is 0 Å². The molecule has 1 aliphatic heterocycles. The number of halogens is 2. The van der Waals surface area contributed by atoms with E-state index in [0.717, 1.165) is 0 Å². The Balaban J connectivity index is 2.38. The summed E-state index contributed by atoms with van der Waals surface area (Å²) < 4.78 is 33.8. The molecule has 0 saturated carbocycles. The van der Waals surface area contributed by atoms with Gasteiger partial charge >= 0.3 is 18.6 Å². The summed E-state index contributed by atoms with van der Waals surface area (Å²) in [6.07, 6.45) is 0. The van der Waals surface area contributed by atoms with Crippen LogP contribution in [0.2, 0.25) is 0 Å². The number of carbonyl (C=O) groups is 2. The van der Waals surface area contributed by atoms with Crippen LogP contribution in [-0.4, -0.2) is 37.2 Å². The van der Waals surface area contributed by atoms with Crippen molar-refractivity contribution < 1.29 is 27.8 Å². The maximum atomic E-state index is 12.3. The number of hydrogen-bond donors (Lipinski definition) is 1. The van der Waals surface area contributed by atoms with Gasteiger partial charge in [-0.2, -0.15) is 8.78 Å². The fourth-order valence-corrected chi connectivity index (χ4v) is 2.40. The van der Waals surface area contributed by atoms with Gasteiger partial charge in [0.15, 0.2) is 0 Å². The fraction of sp³-hybridized carbons (Fsp3) is 0.375. The largest absolute Gasteiger partial charge is 0.463 e. The minimum atomic E-state index is -2.92. The van der Waals surface area contributed by atoms with E-state index in [1.165, 1.54) is 29.2 Å². The van der Waals surface area contributed by atoms with Crippen molar-refractivity contribution in [1.29, 1.82) is 0 Å². The van der Waals surface area contributed by atoms with Crippen LogP contribution in [0.5, 0.6) is 5.75 Å². The van der Waals surface area contributed by atoms with E-state index in [-0.39, 0.29) is 18.4 Å². The number of amides is 2. The van der Waals surface area contributed by atoms with Gasteiger partial charge < -0.3 is 19.7 Å². The third-order valence-corrected chi connectivity index (χ3v) is 3.69. The summed E-state index contributed by atoms with van der Waals surface area (Å²) in [6.45, 7) is 0.605. The highest BCUT2D eigenvalue weighted by Gasteiger charge is 2.34. The van der Waals surface area contributed by atoms with Gasteiger partial charge in [-0.1, -0.05) is 12.1 Å². The second-order valence-electron chi connectivity index (χ2n) is 5.11. The van der Waals surface area contributed by atoms with Crippen molar-refractivity contribution in [2.45, 2.75) is 26.5 Å². The van der Waals surface area contributed by atoms with Crippen molar-refractivity contribution >= 4 is 12.0 Å². The molecule has 6 nitrogen and oxygen atoms in total. The maximum Gasteiger partial charge on any atom is 0.387 e. The molecule has 130 valence electrons. The summed E-state index contributed by atoms with van der Waals surface area (Å²) in [5.41, 5.74) is 1.32. The Kier molecular flexibility index (Phi) is 5.38. The van der Waals surface area contributed by atoms with Gasteiger partial charge in [-0.05, 0) is 31.5 Å². The monoisotopic (exact) mass is 340 g/mol. The first-order chi connectivity index (χ1) is 11.3. The number of alkyl halides is 2. The van der Waals surface area contributed by atoms with Crippen LogP contribution in [0.4, 0.5) is 13.6 Å². The van der Waals surface area contributed by atoms with Crippen molar-refractivity contribution in [3.8, 4) is 5.75 Å². The van der Waals surface area contributed by atoms with Crippen LogP contribution in [0.3, 0.4) is 0 Å². The van der Waals surface area contributed by atoms with Gasteiger partial charge in [-0.25, -0.2) is 9.59 Å². The summed E-state index contributed by atoms with van der Waals surface area (Å²) in [5.74, 6) is -0.550. The zero-order valence-corrected chi connectivity index (χ0v) is 13.5. The first-order valence-electron chi connectivity index (χ1n) is 7.32. The van der Waals surface area contributed by atoms with Crippen LogP contribution in [0.1, 0.15) is 25.5 Å². The lowest BCUT2D eigenvalue weighted by atomic mass is 9.95. The third-order valence-electron chi connectivity index (χ3n) is 3.69. The summed E-state index contributed by atoms with van der Waals surface area (Å²) >= 11 is 0. The molecule has 8 heteroatoms. The van der Waals surface area contributed by atoms with Crippen molar-refractivity contribution in [1.82, 2.24) is 10.2 Å². The van der Waals surface area contributed by atoms with Gasteiger partial charge in [-0.15, -0.1) is 0 Å². The van der Waals surface area contributed by atoms with Crippen LogP contribution >= 0.6 is 0 Å². The van der Waals surface area contributed by atoms with Gasteiger partial charge in [0, 0.05) is 12.7 Å². The van der Waals surface area contributed by atoms with Gasteiger partial charge in [0.05, 0.1) is 18.2 Å². The molecule has 0 fully saturated rings. The van der Waals surface area contributed by atoms with Gasteiger partial charge in [-0.3, -0.25) is 0 Å². The molecule has 1 N–H and O–H groups in total. The molecule has 1 aromatic carbocycles. The van der Waals surface area contributed by atoms with Crippen molar-refractivity contribution in [2.24, 2.45) is 0 Å². The highest BCUT2D eigenvalue weighted by molar-refractivity contribution is 5.94. The minimum absolute atomic E-state index is 0.00797. The molecule has 0 spiro atoms. The van der Waals surface area contributed by atoms with Crippen LogP contribution < -0.4 is 10.1 Å². The van der Waals surface area contributed by atoms with E-state index in [1.54, 1.807) is 20.9 Å². The Bertz CT molecular complexity index is 659. The standard InChI is InChI=1S/C16H18F2N2O4/c1-4-23-14(21)12-9(2)20(3)16(22)19-13(12)10-5-7-11(8-6-10)24-15(17)18/h5-8,13,15H,4H2,1-3H3,(H,19,22)/t13-/m0/s1. The highest BCUT2D eigenvalue weighted by atomic mass is 19.3. The molecule has 1 aliphatic rings. The minimum Gasteiger partial charge on any atom is -0.463 e. The number of ether oxygens (including phenoxy) is 2. The van der Waals surface area contributed by atoms with Crippen LogP contribution in [0, 0.1) is 0 Å². The Labute approximate surface area is 138 Å². The van der Waals surface area contributed by atoms with E-state index in [2.05, 4.69) is 10.1 Å². The zero-order valence-electron chi connectivity index (χ0n) is 13.5. The summed E-state index contributed by atoms with van der Waals surface area (Å²) in [5, 5.41) is 2.70. The van der Waals surface area contributed by atoms with Crippen molar-refractivity contribution in [3.05, 3.63) is 41.1 Å². The number of nitrogens with one attached hydrogen (secondary N) is 1. The maximum absolute atomic E-state index is 12.3. The van der Waals surface area contributed by atoms with Gasteiger partial charge in [0.1, 0.15) is 5.75 Å². The molecule has 0 aromatic heterocycles. The van der Waals surface area contributed by atoms with Gasteiger partial charge in [0.2, 0.25) is 0 Å². The van der Waals surface area contributed by atoms with E-state index in [9.17, 15) is 18.4 Å². The molecule has 0 saturated heterocycles. The normalized spacial score (nSPS) is 17.8. The van der Waals surface area contributed by atoms with E-state index in [4.69, 9.17) is 4.74 Å². The first-order valence-corrected chi connectivity index (χ1v) is 7.32. The fourth-order valence-electron chi connectivity index (χ4n) is 2.40. The Hall–Kier alpha value is -2.64. The second kappa shape index (κ2) is 7.29. The summed E-state index contributed by atoms with van der Waals surface area (Å²) in [6, 6.07) is 4.63. The number of allylic oxidation sites excluding steroid dienone is 1. The first kappa shape index (κ1) is 17.7. The number of esters is 1. The predicted molar refractivity (Wildman–Crippen MR) is 81.4 cm³/mol. The molecule has 1 atom stereocenters. The van der Waals surface area contributed by atoms with Crippen LogP contribution in [0.15, 0.2) is 35.5 Å². The molecule has 0 unspecified atom stereocenters. The summed E-state index contributed by atoms with van der Waals surface area (Å²) in [7, 11) is 1.54. The molecular formula is C16H18F2N2O4. The molecule has 0 aliphatic carbocycles. The average molecular weight is 340 g/mol. The Morgan fingerprint density at radius 3 is 2.50 bits per heavy atom. The molecule has 0 bridgehead atoms. The van der Waals surface area contributed by atoms with Crippen molar-refractivity contribution in [2.75, 3.05) is 13.7 Å². The molecule has 0 radical (unpaired) electrons. The Morgan fingerprint density at radius 1 is 1.33 bits per heavy atom. The Morgan fingerprint density at radius 2 is 1.96 bits per heavy atom. The molecule has 2 amide bonds. The molecule has 24 heavy (non-hydrogen) atoms. The molecule has 1 aromatic rings. The smallest absolute Gasteiger partial charge is 0.387 e. The van der Waals surface area contributed by atoms with Crippen LogP contribution in [0.25, 0.3) is 0 Å². The van der Waals surface area contributed by atoms with Gasteiger partial charge in [0.25, 0.3) is 0 Å². The SMILES string of the molecule is CCOC(=O)C1=C(C)N(C)C(=O)N[C@H]1c1ccc(OC(F)F)cc1. The number of urea groups is 1. The second-order valence-corrected chi connectivity index (χ2v) is 5.11. The molecular weight excluding hydrogens is 322 g/mol. The van der Waals surface area contributed by atoms with Crippen molar-refractivity contribution in [3.63, 3.8) is 0 Å². The predicted octanol–water partition coefficient (Wildman–Crippen LogP) is 2.82. The lowest BCUT2D eigenvalue weighted by molar-refractivity contribution is -0.139. The van der Waals surface area contributed by atoms with E-state index in [0.29, 0.717) is 16.8 Å². The van der Waals surface area contributed by atoms with E-state index < -0.39 is 18.6 Å².